The fourth-order valence-corrected chi connectivity index (χ4v) is 4.97. The average Bonchev–Trinajstić information content (AvgIpc) is 3.29. The van der Waals surface area contributed by atoms with E-state index in [0.29, 0.717) is 11.6 Å². The first-order chi connectivity index (χ1) is 12.6. The van der Waals surface area contributed by atoms with Gasteiger partial charge in [0.05, 0.1) is 22.5 Å². The largest absolute Gasteiger partial charge is 0.282 e. The summed E-state index contributed by atoms with van der Waals surface area (Å²) >= 11 is 7.72. The fourth-order valence-electron chi connectivity index (χ4n) is 3.54. The van der Waals surface area contributed by atoms with E-state index >= 15 is 0 Å². The minimum absolute atomic E-state index is 0.0930. The normalized spacial score (nSPS) is 14.8. The highest BCUT2D eigenvalue weighted by atomic mass is 35.5. The molecule has 1 saturated carbocycles. The number of aryl methyl sites for hydroxylation is 1. The Morgan fingerprint density at radius 1 is 1.31 bits per heavy atom. The van der Waals surface area contributed by atoms with Crippen molar-refractivity contribution >= 4 is 44.2 Å². The summed E-state index contributed by atoms with van der Waals surface area (Å²) in [7, 11) is 0. The molecule has 0 aliphatic heterocycles. The molecule has 0 N–H and O–H groups in total. The van der Waals surface area contributed by atoms with Crippen LogP contribution in [0, 0.1) is 12.8 Å². The van der Waals surface area contributed by atoms with Crippen molar-refractivity contribution in [1.82, 2.24) is 9.97 Å². The van der Waals surface area contributed by atoms with E-state index in [0.717, 1.165) is 52.3 Å². The van der Waals surface area contributed by atoms with Gasteiger partial charge in [-0.15, -0.1) is 0 Å². The van der Waals surface area contributed by atoms with E-state index in [9.17, 15) is 4.79 Å². The third kappa shape index (κ3) is 3.46. The van der Waals surface area contributed by atoms with Crippen molar-refractivity contribution in [2.75, 3.05) is 4.90 Å². The Morgan fingerprint density at radius 2 is 2.12 bits per heavy atom. The van der Waals surface area contributed by atoms with Crippen LogP contribution in [0.2, 0.25) is 5.02 Å². The first-order valence-corrected chi connectivity index (χ1v) is 10.1. The molecule has 4 nitrogen and oxygen atoms in total. The molecule has 1 aliphatic carbocycles. The van der Waals surface area contributed by atoms with Crippen LogP contribution in [0.15, 0.2) is 36.5 Å². The zero-order chi connectivity index (χ0) is 18.1. The molecule has 1 aromatic carbocycles. The van der Waals surface area contributed by atoms with Gasteiger partial charge in [-0.2, -0.15) is 0 Å². The number of fused-ring (bicyclic) bond motifs is 1. The van der Waals surface area contributed by atoms with Gasteiger partial charge in [-0.05, 0) is 49.6 Å². The van der Waals surface area contributed by atoms with Gasteiger partial charge in [-0.1, -0.05) is 41.8 Å². The first-order valence-electron chi connectivity index (χ1n) is 8.90. The molecule has 0 unspecified atom stereocenters. The molecular weight excluding hydrogens is 366 g/mol. The van der Waals surface area contributed by atoms with Crippen molar-refractivity contribution in [2.45, 2.75) is 39.2 Å². The van der Waals surface area contributed by atoms with Gasteiger partial charge in [0.1, 0.15) is 0 Å². The van der Waals surface area contributed by atoms with E-state index in [2.05, 4.69) is 4.98 Å². The maximum absolute atomic E-state index is 13.2. The molecule has 2 heterocycles. The lowest BCUT2D eigenvalue weighted by molar-refractivity contribution is -0.122. The number of amides is 1. The first kappa shape index (κ1) is 17.4. The molecule has 3 aromatic rings. The molecule has 1 fully saturated rings. The number of hydrogen-bond acceptors (Lipinski definition) is 4. The predicted molar refractivity (Wildman–Crippen MR) is 107 cm³/mol. The van der Waals surface area contributed by atoms with E-state index in [-0.39, 0.29) is 11.8 Å². The lowest BCUT2D eigenvalue weighted by atomic mass is 10.1. The number of aromatic nitrogens is 2. The molecule has 0 atom stereocenters. The molecule has 4 rings (SSSR count). The van der Waals surface area contributed by atoms with Crippen molar-refractivity contribution in [3.05, 3.63) is 52.8 Å². The molecule has 0 spiro atoms. The van der Waals surface area contributed by atoms with Gasteiger partial charge in [0.25, 0.3) is 0 Å². The summed E-state index contributed by atoms with van der Waals surface area (Å²) in [6, 6.07) is 9.61. The average molecular weight is 386 g/mol. The summed E-state index contributed by atoms with van der Waals surface area (Å²) in [6.07, 6.45) is 5.95. The molecule has 0 saturated heterocycles. The van der Waals surface area contributed by atoms with Crippen LogP contribution < -0.4 is 4.90 Å². The van der Waals surface area contributed by atoms with Crippen LogP contribution in [0.5, 0.6) is 0 Å². The van der Waals surface area contributed by atoms with Crippen LogP contribution >= 0.6 is 22.9 Å². The molecule has 1 aliphatic rings. The number of halogens is 1. The lowest BCUT2D eigenvalue weighted by Gasteiger charge is -2.22. The molecule has 0 bridgehead atoms. The molecule has 1 amide bonds. The van der Waals surface area contributed by atoms with E-state index in [1.165, 1.54) is 11.3 Å². The molecule has 6 heteroatoms. The summed E-state index contributed by atoms with van der Waals surface area (Å²) in [5, 5.41) is 1.43. The number of nitrogens with zero attached hydrogens (tertiary/aromatic N) is 3. The van der Waals surface area contributed by atoms with Crippen molar-refractivity contribution in [1.29, 1.82) is 0 Å². The van der Waals surface area contributed by atoms with Gasteiger partial charge in [0, 0.05) is 17.1 Å². The number of thiazole rings is 1. The van der Waals surface area contributed by atoms with Gasteiger partial charge in [-0.25, -0.2) is 4.98 Å². The number of anilines is 1. The van der Waals surface area contributed by atoms with E-state index in [1.54, 1.807) is 6.20 Å². The fraction of sp³-hybridized carbons (Fsp3) is 0.350. The van der Waals surface area contributed by atoms with Crippen LogP contribution in [-0.2, 0) is 11.3 Å². The zero-order valence-electron chi connectivity index (χ0n) is 14.6. The molecule has 134 valence electrons. The smallest absolute Gasteiger partial charge is 0.232 e. The standard InChI is InChI=1S/C20H20ClN3OS/c1-13-10-15(21)11-17-18(13)23-20(26-17)24(12-16-8-4-5-9-22-16)19(25)14-6-2-3-7-14/h4-5,8-11,14H,2-3,6-7,12H2,1H3. The SMILES string of the molecule is Cc1cc(Cl)cc2sc(N(Cc3ccccn3)C(=O)C3CCCC3)nc12. The third-order valence-electron chi connectivity index (χ3n) is 4.89. The Kier molecular flexibility index (Phi) is 4.92. The van der Waals surface area contributed by atoms with Crippen molar-refractivity contribution in [3.63, 3.8) is 0 Å². The minimum Gasteiger partial charge on any atom is -0.282 e. The van der Waals surface area contributed by atoms with Crippen molar-refractivity contribution < 1.29 is 4.79 Å². The Morgan fingerprint density at radius 3 is 2.85 bits per heavy atom. The number of pyridine rings is 1. The number of hydrogen-bond donors (Lipinski definition) is 0. The predicted octanol–water partition coefficient (Wildman–Crippen LogP) is 5.38. The summed E-state index contributed by atoms with van der Waals surface area (Å²) in [5.41, 5.74) is 2.81. The Bertz CT molecular complexity index is 935. The maximum Gasteiger partial charge on any atom is 0.232 e. The topological polar surface area (TPSA) is 46.1 Å². The van der Waals surface area contributed by atoms with Crippen LogP contribution in [0.4, 0.5) is 5.13 Å². The molecule has 26 heavy (non-hydrogen) atoms. The Balaban J connectivity index is 1.74. The van der Waals surface area contributed by atoms with Crippen molar-refractivity contribution in [3.8, 4) is 0 Å². The summed E-state index contributed by atoms with van der Waals surface area (Å²) in [6.45, 7) is 2.45. The second-order valence-corrected chi connectivity index (χ2v) is 8.24. The van der Waals surface area contributed by atoms with Gasteiger partial charge < -0.3 is 0 Å². The highest BCUT2D eigenvalue weighted by Crippen LogP contribution is 2.36. The number of carbonyl (C=O) groups excluding carboxylic acids is 1. The monoisotopic (exact) mass is 385 g/mol. The van der Waals surface area contributed by atoms with Crippen LogP contribution in [-0.4, -0.2) is 15.9 Å². The highest BCUT2D eigenvalue weighted by molar-refractivity contribution is 7.22. The molecule has 0 radical (unpaired) electrons. The third-order valence-corrected chi connectivity index (χ3v) is 6.13. The minimum atomic E-state index is 0.0930. The van der Waals surface area contributed by atoms with Crippen molar-refractivity contribution in [2.24, 2.45) is 5.92 Å². The van der Waals surface area contributed by atoms with Crippen LogP contribution in [0.1, 0.15) is 36.9 Å². The van der Waals surface area contributed by atoms with E-state index < -0.39 is 0 Å². The number of benzene rings is 1. The van der Waals surface area contributed by atoms with Gasteiger partial charge >= 0.3 is 0 Å². The second kappa shape index (κ2) is 7.33. The highest BCUT2D eigenvalue weighted by Gasteiger charge is 2.30. The van der Waals surface area contributed by atoms with Crippen LogP contribution in [0.25, 0.3) is 10.2 Å². The second-order valence-electron chi connectivity index (χ2n) is 6.79. The molecule has 2 aromatic heterocycles. The quantitative estimate of drug-likeness (QED) is 0.605. The van der Waals surface area contributed by atoms with Gasteiger partial charge in [0.15, 0.2) is 5.13 Å². The lowest BCUT2D eigenvalue weighted by Crippen LogP contribution is -2.35. The summed E-state index contributed by atoms with van der Waals surface area (Å²) in [5.74, 6) is 0.256. The maximum atomic E-state index is 13.2. The molecular formula is C20H20ClN3OS. The summed E-state index contributed by atoms with van der Waals surface area (Å²) in [4.78, 5) is 24.2. The zero-order valence-corrected chi connectivity index (χ0v) is 16.2. The Labute approximate surface area is 161 Å². The number of rotatable bonds is 4. The van der Waals surface area contributed by atoms with E-state index in [1.807, 2.05) is 42.2 Å². The summed E-state index contributed by atoms with van der Waals surface area (Å²) < 4.78 is 1.01. The van der Waals surface area contributed by atoms with Gasteiger partial charge in [-0.3, -0.25) is 14.7 Å². The van der Waals surface area contributed by atoms with E-state index in [4.69, 9.17) is 16.6 Å². The Hall–Kier alpha value is -1.98. The number of carbonyl (C=O) groups is 1. The van der Waals surface area contributed by atoms with Crippen LogP contribution in [0.3, 0.4) is 0 Å². The van der Waals surface area contributed by atoms with Gasteiger partial charge in [0.2, 0.25) is 5.91 Å².